The highest BCUT2D eigenvalue weighted by molar-refractivity contribution is 7.47. The summed E-state index contributed by atoms with van der Waals surface area (Å²) in [6.07, 6.45) is 41.4. The first-order chi connectivity index (χ1) is 26.6. The molecule has 0 rings (SSSR count). The van der Waals surface area contributed by atoms with E-state index >= 15 is 0 Å². The molecule has 0 heterocycles. The van der Waals surface area contributed by atoms with Crippen LogP contribution in [0.1, 0.15) is 174 Å². The Labute approximate surface area is 333 Å². The summed E-state index contributed by atoms with van der Waals surface area (Å²) in [7, 11) is -4.76. The molecule has 11 nitrogen and oxygen atoms in total. The van der Waals surface area contributed by atoms with E-state index in [1.807, 2.05) is 0 Å². The number of hydrogen-bond donors (Lipinski definition) is 4. The highest BCUT2D eigenvalue weighted by atomic mass is 31.2. The third-order valence-corrected chi connectivity index (χ3v) is 9.82. The number of allylic oxidation sites excluding steroid dienone is 8. The van der Waals surface area contributed by atoms with Gasteiger partial charge in [0.05, 0.1) is 13.2 Å². The largest absolute Gasteiger partial charge is 0.480 e. The molecule has 0 aromatic rings. The monoisotopic (exact) mass is 798 g/mol. The number of carboxylic acid groups (broad SMARTS) is 1. The zero-order chi connectivity index (χ0) is 40.7. The van der Waals surface area contributed by atoms with E-state index in [9.17, 15) is 34.1 Å². The molecule has 0 aliphatic rings. The second-order valence-corrected chi connectivity index (χ2v) is 15.6. The number of rotatable bonds is 39. The fourth-order valence-corrected chi connectivity index (χ4v) is 6.31. The molecular weight excluding hydrogens is 721 g/mol. The second-order valence-electron chi connectivity index (χ2n) is 14.2. The molecule has 55 heavy (non-hydrogen) atoms. The van der Waals surface area contributed by atoms with Crippen LogP contribution in [-0.4, -0.2) is 64.9 Å². The van der Waals surface area contributed by atoms with Gasteiger partial charge in [-0.15, -0.1) is 0 Å². The number of ether oxygens (including phenoxy) is 1. The SMILES string of the molecule is CCCCC/C=C\C/C=C\C/C=C\C/C=C\CCCCCCCC(=O)NC(COP(=O)(O)OCC(O)COC(=O)CCCCCCCCCCCC)C(=O)O. The third kappa shape index (κ3) is 38.1. The first-order valence-electron chi connectivity index (χ1n) is 21.2. The van der Waals surface area contributed by atoms with Crippen molar-refractivity contribution < 1.29 is 47.8 Å². The van der Waals surface area contributed by atoms with E-state index in [0.29, 0.717) is 12.8 Å². The molecule has 0 aliphatic heterocycles. The molecule has 0 bridgehead atoms. The molecule has 0 fully saturated rings. The van der Waals surface area contributed by atoms with E-state index in [2.05, 4.69) is 67.8 Å². The molecule has 0 radical (unpaired) electrons. The second kappa shape index (κ2) is 38.3. The molecule has 1 amide bonds. The first-order valence-corrected chi connectivity index (χ1v) is 22.7. The van der Waals surface area contributed by atoms with Gasteiger partial charge in [0.15, 0.2) is 6.04 Å². The van der Waals surface area contributed by atoms with Crippen LogP contribution in [-0.2, 0) is 32.7 Å². The average Bonchev–Trinajstić information content (AvgIpc) is 3.16. The Balaban J connectivity index is 3.97. The van der Waals surface area contributed by atoms with Gasteiger partial charge in [0.2, 0.25) is 5.91 Å². The van der Waals surface area contributed by atoms with Crippen LogP contribution in [0.5, 0.6) is 0 Å². The van der Waals surface area contributed by atoms with Crippen molar-refractivity contribution in [2.45, 2.75) is 187 Å². The Hall–Kier alpha value is -2.56. The fourth-order valence-electron chi connectivity index (χ4n) is 5.53. The predicted octanol–water partition coefficient (Wildman–Crippen LogP) is 10.6. The number of nitrogens with one attached hydrogen (secondary N) is 1. The number of phosphoric acid groups is 1. The maximum atomic E-state index is 12.3. The summed E-state index contributed by atoms with van der Waals surface area (Å²) in [6, 6.07) is -1.56. The Morgan fingerprint density at radius 1 is 0.582 bits per heavy atom. The van der Waals surface area contributed by atoms with Gasteiger partial charge in [-0.25, -0.2) is 9.36 Å². The molecule has 3 atom stereocenters. The molecule has 4 N–H and O–H groups in total. The number of carbonyl (C=O) groups is 3. The summed E-state index contributed by atoms with van der Waals surface area (Å²) in [5.74, 6) is -2.40. The van der Waals surface area contributed by atoms with E-state index in [1.165, 1.54) is 64.2 Å². The van der Waals surface area contributed by atoms with Crippen molar-refractivity contribution in [1.82, 2.24) is 5.32 Å². The van der Waals surface area contributed by atoms with E-state index in [1.54, 1.807) is 0 Å². The summed E-state index contributed by atoms with van der Waals surface area (Å²) in [4.78, 5) is 45.8. The number of aliphatic carboxylic acids is 1. The number of carboxylic acids is 1. The van der Waals surface area contributed by atoms with Crippen LogP contribution in [0.15, 0.2) is 48.6 Å². The van der Waals surface area contributed by atoms with E-state index in [4.69, 9.17) is 13.8 Å². The lowest BCUT2D eigenvalue weighted by Crippen LogP contribution is -2.43. The summed E-state index contributed by atoms with van der Waals surface area (Å²) >= 11 is 0. The molecule has 0 aromatic carbocycles. The number of aliphatic hydroxyl groups excluding tert-OH is 1. The van der Waals surface area contributed by atoms with Gasteiger partial charge in [-0.3, -0.25) is 18.6 Å². The van der Waals surface area contributed by atoms with Gasteiger partial charge in [-0.1, -0.05) is 152 Å². The number of esters is 1. The lowest BCUT2D eigenvalue weighted by Gasteiger charge is -2.18. The van der Waals surface area contributed by atoms with Gasteiger partial charge in [0, 0.05) is 12.8 Å². The van der Waals surface area contributed by atoms with Crippen LogP contribution in [0.3, 0.4) is 0 Å². The quantitative estimate of drug-likeness (QED) is 0.0203. The third-order valence-electron chi connectivity index (χ3n) is 8.87. The molecule has 3 unspecified atom stereocenters. The van der Waals surface area contributed by atoms with Gasteiger partial charge < -0.3 is 25.2 Å². The number of phosphoric ester groups is 1. The smallest absolute Gasteiger partial charge is 0.472 e. The number of hydrogen-bond acceptors (Lipinski definition) is 8. The molecule has 318 valence electrons. The summed E-state index contributed by atoms with van der Waals surface area (Å²) in [5.41, 5.74) is 0. The summed E-state index contributed by atoms with van der Waals surface area (Å²) in [5, 5.41) is 21.8. The maximum Gasteiger partial charge on any atom is 0.472 e. The predicted molar refractivity (Wildman–Crippen MR) is 222 cm³/mol. The van der Waals surface area contributed by atoms with Crippen molar-refractivity contribution in [1.29, 1.82) is 0 Å². The van der Waals surface area contributed by atoms with Crippen LogP contribution in [0.4, 0.5) is 0 Å². The minimum absolute atomic E-state index is 0.123. The maximum absolute atomic E-state index is 12.3. The topological polar surface area (TPSA) is 169 Å². The summed E-state index contributed by atoms with van der Waals surface area (Å²) < 4.78 is 26.7. The average molecular weight is 798 g/mol. The van der Waals surface area contributed by atoms with E-state index in [-0.39, 0.29) is 12.8 Å². The number of carbonyl (C=O) groups excluding carboxylic acids is 2. The molecule has 0 aromatic heterocycles. The Morgan fingerprint density at radius 2 is 1.00 bits per heavy atom. The number of aliphatic hydroxyl groups is 1. The first kappa shape index (κ1) is 52.4. The molecule has 0 spiro atoms. The van der Waals surface area contributed by atoms with Crippen molar-refractivity contribution in [3.8, 4) is 0 Å². The van der Waals surface area contributed by atoms with Crippen LogP contribution in [0.2, 0.25) is 0 Å². The van der Waals surface area contributed by atoms with Crippen LogP contribution in [0.25, 0.3) is 0 Å². The van der Waals surface area contributed by atoms with Crippen LogP contribution >= 0.6 is 7.82 Å². The minimum Gasteiger partial charge on any atom is -0.480 e. The Kier molecular flexibility index (Phi) is 36.5. The van der Waals surface area contributed by atoms with Gasteiger partial charge >= 0.3 is 19.8 Å². The van der Waals surface area contributed by atoms with E-state index in [0.717, 1.165) is 70.6 Å². The molecule has 12 heteroatoms. The number of amides is 1. The lowest BCUT2D eigenvalue weighted by molar-refractivity contribution is -0.147. The van der Waals surface area contributed by atoms with Crippen molar-refractivity contribution in [2.75, 3.05) is 19.8 Å². The molecule has 0 aliphatic carbocycles. The van der Waals surface area contributed by atoms with Crippen molar-refractivity contribution in [3.63, 3.8) is 0 Å². The van der Waals surface area contributed by atoms with Crippen LogP contribution < -0.4 is 5.32 Å². The zero-order valence-electron chi connectivity index (χ0n) is 34.2. The molecule has 0 saturated carbocycles. The van der Waals surface area contributed by atoms with Gasteiger partial charge in [-0.2, -0.15) is 0 Å². The number of unbranched alkanes of at least 4 members (excludes halogenated alkanes) is 17. The fraction of sp³-hybridized carbons (Fsp3) is 0.744. The normalized spacial score (nSPS) is 14.3. The standard InChI is InChI=1S/C43H76NO10P/c1-3-5-7-9-11-13-15-16-17-18-19-20-21-22-23-24-25-26-28-30-32-34-41(46)44-40(43(48)49)38-54-55(50,51)53-37-39(45)36-52-42(47)35-33-31-29-27-14-12-10-8-6-4-2/h11,13,16-17,19-20,22-23,39-40,45H,3-10,12,14-15,18,21,24-38H2,1-2H3,(H,44,46)(H,48,49)(H,50,51)/b13-11-,17-16-,20-19-,23-22-. The Bertz CT molecular complexity index is 1120. The van der Waals surface area contributed by atoms with E-state index < -0.39 is 57.6 Å². The van der Waals surface area contributed by atoms with Gasteiger partial charge in [-0.05, 0) is 57.8 Å². The minimum atomic E-state index is -4.76. The van der Waals surface area contributed by atoms with Gasteiger partial charge in [0.25, 0.3) is 0 Å². The highest BCUT2D eigenvalue weighted by Gasteiger charge is 2.28. The molecular formula is C43H76NO10P. The lowest BCUT2D eigenvalue weighted by atomic mass is 10.1. The van der Waals surface area contributed by atoms with Crippen molar-refractivity contribution in [3.05, 3.63) is 48.6 Å². The highest BCUT2D eigenvalue weighted by Crippen LogP contribution is 2.43. The summed E-state index contributed by atoms with van der Waals surface area (Å²) in [6.45, 7) is 2.52. The zero-order valence-corrected chi connectivity index (χ0v) is 35.1. The van der Waals surface area contributed by atoms with Crippen molar-refractivity contribution >= 4 is 25.7 Å². The molecule has 0 saturated heterocycles. The van der Waals surface area contributed by atoms with Crippen molar-refractivity contribution in [2.24, 2.45) is 0 Å². The van der Waals surface area contributed by atoms with Gasteiger partial charge in [0.1, 0.15) is 12.7 Å². The van der Waals surface area contributed by atoms with Crippen LogP contribution in [0, 0.1) is 0 Å². The Morgan fingerprint density at radius 3 is 1.53 bits per heavy atom.